The van der Waals surface area contributed by atoms with E-state index in [1.807, 2.05) is 12.1 Å². The van der Waals surface area contributed by atoms with Gasteiger partial charge in [-0.15, -0.1) is 6.58 Å². The van der Waals surface area contributed by atoms with Crippen molar-refractivity contribution in [1.29, 1.82) is 0 Å². The van der Waals surface area contributed by atoms with Gasteiger partial charge in [0.25, 0.3) is 0 Å². The van der Waals surface area contributed by atoms with E-state index in [0.717, 1.165) is 5.75 Å². The number of hydrogen-bond acceptors (Lipinski definition) is 1. The van der Waals surface area contributed by atoms with E-state index in [2.05, 4.69) is 43.8 Å². The molecule has 0 amide bonds. The maximum absolute atomic E-state index is 5.43. The molecule has 0 saturated heterocycles. The van der Waals surface area contributed by atoms with Gasteiger partial charge in [0.05, 0.1) is 7.11 Å². The SMILES string of the molecule is C=CC(C)c1c(OC)ccc2ccccc12. The maximum Gasteiger partial charge on any atom is 0.123 e. The van der Waals surface area contributed by atoms with Gasteiger partial charge in [-0.3, -0.25) is 0 Å². The average Bonchev–Trinajstić information content (AvgIpc) is 2.36. The van der Waals surface area contributed by atoms with Crippen LogP contribution in [0.15, 0.2) is 49.1 Å². The zero-order valence-corrected chi connectivity index (χ0v) is 9.73. The summed E-state index contributed by atoms with van der Waals surface area (Å²) in [6.45, 7) is 6.00. The highest BCUT2D eigenvalue weighted by atomic mass is 16.5. The highest BCUT2D eigenvalue weighted by Gasteiger charge is 2.12. The van der Waals surface area contributed by atoms with E-state index in [1.54, 1.807) is 7.11 Å². The molecule has 82 valence electrons. The Morgan fingerprint density at radius 3 is 2.62 bits per heavy atom. The summed E-state index contributed by atoms with van der Waals surface area (Å²) < 4.78 is 5.43. The molecule has 0 aliphatic rings. The van der Waals surface area contributed by atoms with Crippen LogP contribution in [0.4, 0.5) is 0 Å². The molecule has 1 unspecified atom stereocenters. The Kier molecular flexibility index (Phi) is 2.95. The normalized spacial score (nSPS) is 12.4. The first-order chi connectivity index (χ1) is 7.77. The molecule has 0 aliphatic heterocycles. The Bertz CT molecular complexity index is 514. The third kappa shape index (κ3) is 1.69. The fraction of sp³-hybridized carbons (Fsp3) is 0.200. The molecule has 1 nitrogen and oxygen atoms in total. The van der Waals surface area contributed by atoms with Gasteiger partial charge in [-0.25, -0.2) is 0 Å². The van der Waals surface area contributed by atoms with Gasteiger partial charge in [-0.05, 0) is 16.8 Å². The van der Waals surface area contributed by atoms with Crippen molar-refractivity contribution in [3.05, 3.63) is 54.6 Å². The number of ether oxygens (including phenoxy) is 1. The molecule has 0 aromatic heterocycles. The number of benzene rings is 2. The first-order valence-corrected chi connectivity index (χ1v) is 5.46. The van der Waals surface area contributed by atoms with Crippen molar-refractivity contribution in [2.75, 3.05) is 7.11 Å². The van der Waals surface area contributed by atoms with Gasteiger partial charge in [0.15, 0.2) is 0 Å². The summed E-state index contributed by atoms with van der Waals surface area (Å²) in [5.74, 6) is 1.23. The largest absolute Gasteiger partial charge is 0.496 e. The fourth-order valence-corrected chi connectivity index (χ4v) is 2.04. The van der Waals surface area contributed by atoms with Crippen LogP contribution in [-0.2, 0) is 0 Å². The number of methoxy groups -OCH3 is 1. The number of allylic oxidation sites excluding steroid dienone is 1. The Hall–Kier alpha value is -1.76. The van der Waals surface area contributed by atoms with Crippen LogP contribution in [0.25, 0.3) is 10.8 Å². The van der Waals surface area contributed by atoms with E-state index in [-0.39, 0.29) is 0 Å². The van der Waals surface area contributed by atoms with Crippen molar-refractivity contribution < 1.29 is 4.74 Å². The smallest absolute Gasteiger partial charge is 0.123 e. The number of rotatable bonds is 3. The number of hydrogen-bond donors (Lipinski definition) is 0. The Balaban J connectivity index is 2.77. The van der Waals surface area contributed by atoms with Crippen molar-refractivity contribution in [2.45, 2.75) is 12.8 Å². The van der Waals surface area contributed by atoms with Gasteiger partial charge in [-0.2, -0.15) is 0 Å². The maximum atomic E-state index is 5.43. The Labute approximate surface area is 96.4 Å². The lowest BCUT2D eigenvalue weighted by molar-refractivity contribution is 0.409. The van der Waals surface area contributed by atoms with Crippen LogP contribution in [-0.4, -0.2) is 7.11 Å². The quantitative estimate of drug-likeness (QED) is 0.695. The molecule has 16 heavy (non-hydrogen) atoms. The van der Waals surface area contributed by atoms with Crippen LogP contribution < -0.4 is 4.74 Å². The molecule has 0 bridgehead atoms. The van der Waals surface area contributed by atoms with Gasteiger partial charge in [0.1, 0.15) is 5.75 Å². The summed E-state index contributed by atoms with van der Waals surface area (Å²) in [7, 11) is 1.71. The lowest BCUT2D eigenvalue weighted by Gasteiger charge is -2.15. The van der Waals surface area contributed by atoms with E-state index >= 15 is 0 Å². The Morgan fingerprint density at radius 2 is 1.94 bits per heavy atom. The van der Waals surface area contributed by atoms with E-state index in [9.17, 15) is 0 Å². The van der Waals surface area contributed by atoms with Crippen LogP contribution in [0.3, 0.4) is 0 Å². The average molecular weight is 212 g/mol. The lowest BCUT2D eigenvalue weighted by atomic mass is 9.94. The molecule has 1 heteroatoms. The first kappa shape index (κ1) is 10.7. The van der Waals surface area contributed by atoms with E-state index in [1.165, 1.54) is 16.3 Å². The standard InChI is InChI=1S/C15H16O/c1-4-11(2)15-13-8-6-5-7-12(13)9-10-14(15)16-3/h4-11H,1H2,2-3H3. The van der Waals surface area contributed by atoms with Crippen LogP contribution in [0.1, 0.15) is 18.4 Å². The van der Waals surface area contributed by atoms with Gasteiger partial charge in [0, 0.05) is 11.5 Å². The highest BCUT2D eigenvalue weighted by molar-refractivity contribution is 5.88. The molecule has 0 N–H and O–H groups in total. The van der Waals surface area contributed by atoms with Gasteiger partial charge >= 0.3 is 0 Å². The monoisotopic (exact) mass is 212 g/mol. The molecule has 2 aromatic carbocycles. The molecule has 0 heterocycles. The van der Waals surface area contributed by atoms with Crippen LogP contribution in [0.2, 0.25) is 0 Å². The Morgan fingerprint density at radius 1 is 1.19 bits per heavy atom. The van der Waals surface area contributed by atoms with Crippen LogP contribution in [0, 0.1) is 0 Å². The first-order valence-electron chi connectivity index (χ1n) is 5.46. The molecule has 0 radical (unpaired) electrons. The summed E-state index contributed by atoms with van der Waals surface area (Å²) >= 11 is 0. The van der Waals surface area contributed by atoms with Crippen LogP contribution >= 0.6 is 0 Å². The molecule has 0 fully saturated rings. The molecule has 0 aliphatic carbocycles. The van der Waals surface area contributed by atoms with Crippen molar-refractivity contribution >= 4 is 10.8 Å². The predicted octanol–water partition coefficient (Wildman–Crippen LogP) is 4.14. The van der Waals surface area contributed by atoms with Crippen molar-refractivity contribution in [3.8, 4) is 5.75 Å². The topological polar surface area (TPSA) is 9.23 Å². The zero-order valence-electron chi connectivity index (χ0n) is 9.73. The summed E-state index contributed by atoms with van der Waals surface area (Å²) in [6.07, 6.45) is 1.95. The highest BCUT2D eigenvalue weighted by Crippen LogP contribution is 2.34. The molecule has 0 saturated carbocycles. The van der Waals surface area contributed by atoms with Crippen molar-refractivity contribution in [3.63, 3.8) is 0 Å². The minimum Gasteiger partial charge on any atom is -0.496 e. The summed E-state index contributed by atoms with van der Waals surface area (Å²) in [6, 6.07) is 12.5. The van der Waals surface area contributed by atoms with Crippen LogP contribution in [0.5, 0.6) is 5.75 Å². The van der Waals surface area contributed by atoms with E-state index < -0.39 is 0 Å². The molecule has 2 rings (SSSR count). The second kappa shape index (κ2) is 4.40. The third-order valence-electron chi connectivity index (χ3n) is 2.96. The molecular weight excluding hydrogens is 196 g/mol. The summed E-state index contributed by atoms with van der Waals surface area (Å²) in [5.41, 5.74) is 1.22. The second-order valence-electron chi connectivity index (χ2n) is 3.93. The predicted molar refractivity (Wildman–Crippen MR) is 69.1 cm³/mol. The van der Waals surface area contributed by atoms with Crippen molar-refractivity contribution in [2.24, 2.45) is 0 Å². The molecular formula is C15H16O. The van der Waals surface area contributed by atoms with Gasteiger partial charge in [-0.1, -0.05) is 43.3 Å². The second-order valence-corrected chi connectivity index (χ2v) is 3.93. The third-order valence-corrected chi connectivity index (χ3v) is 2.96. The minimum absolute atomic E-state index is 0.293. The number of fused-ring (bicyclic) bond motifs is 1. The fourth-order valence-electron chi connectivity index (χ4n) is 2.04. The van der Waals surface area contributed by atoms with E-state index in [4.69, 9.17) is 4.74 Å². The molecule has 0 spiro atoms. The van der Waals surface area contributed by atoms with Gasteiger partial charge in [0.2, 0.25) is 0 Å². The minimum atomic E-state index is 0.293. The molecule has 1 atom stereocenters. The summed E-state index contributed by atoms with van der Waals surface area (Å²) in [4.78, 5) is 0. The zero-order chi connectivity index (χ0) is 11.5. The van der Waals surface area contributed by atoms with E-state index in [0.29, 0.717) is 5.92 Å². The molecule has 2 aromatic rings. The summed E-state index contributed by atoms with van der Waals surface area (Å²) in [5, 5.41) is 2.49. The van der Waals surface area contributed by atoms with Gasteiger partial charge < -0.3 is 4.74 Å². The van der Waals surface area contributed by atoms with Crippen molar-refractivity contribution in [1.82, 2.24) is 0 Å². The lowest BCUT2D eigenvalue weighted by Crippen LogP contribution is -1.96.